The van der Waals surface area contributed by atoms with Gasteiger partial charge in [-0.05, 0) is 38.0 Å². The molecule has 0 spiro atoms. The van der Waals surface area contributed by atoms with Gasteiger partial charge in [-0.3, -0.25) is 0 Å². The minimum atomic E-state index is 0.0951. The van der Waals surface area contributed by atoms with E-state index in [-0.39, 0.29) is 6.04 Å². The van der Waals surface area contributed by atoms with E-state index in [0.717, 1.165) is 54.7 Å². The monoisotopic (exact) mass is 344 g/mol. The molecule has 0 aromatic carbocycles. The van der Waals surface area contributed by atoms with Crippen LogP contribution in [0, 0.1) is 18.8 Å². The van der Waals surface area contributed by atoms with Gasteiger partial charge in [-0.15, -0.1) is 0 Å². The molecule has 6 nitrogen and oxygen atoms in total. The van der Waals surface area contributed by atoms with Gasteiger partial charge < -0.3 is 16.0 Å². The van der Waals surface area contributed by atoms with E-state index in [1.165, 1.54) is 0 Å². The second-order valence-electron chi connectivity index (χ2n) is 7.31. The lowest BCUT2D eigenvalue weighted by atomic mass is 9.89. The summed E-state index contributed by atoms with van der Waals surface area (Å²) >= 11 is 0. The van der Waals surface area contributed by atoms with E-state index < -0.39 is 0 Å². The van der Waals surface area contributed by atoms with Gasteiger partial charge in [0.15, 0.2) is 5.65 Å². The van der Waals surface area contributed by atoms with Crippen molar-refractivity contribution >= 4 is 17.1 Å². The van der Waals surface area contributed by atoms with Crippen LogP contribution in [0.25, 0.3) is 11.2 Å². The number of rotatable bonds is 9. The first-order valence-electron chi connectivity index (χ1n) is 9.21. The topological polar surface area (TPSA) is 95.6 Å². The average molecular weight is 345 g/mol. The third-order valence-corrected chi connectivity index (χ3v) is 5.07. The molecule has 2 rings (SSSR count). The van der Waals surface area contributed by atoms with E-state index in [0.29, 0.717) is 17.8 Å². The maximum absolute atomic E-state index is 6.19. The van der Waals surface area contributed by atoms with Crippen LogP contribution in [0.3, 0.4) is 0 Å². The molecule has 6 heteroatoms. The van der Waals surface area contributed by atoms with Gasteiger partial charge in [0.25, 0.3) is 0 Å². The normalized spacial score (nSPS) is 14.2. The van der Waals surface area contributed by atoms with Crippen LogP contribution < -0.4 is 11.5 Å². The highest BCUT2D eigenvalue weighted by Gasteiger charge is 2.15. The number of nitrogens with two attached hydrogens (primary N) is 2. The number of nitrogens with zero attached hydrogens (tertiary/aromatic N) is 4. The summed E-state index contributed by atoms with van der Waals surface area (Å²) in [6.07, 6.45) is 6.18. The molecule has 2 atom stereocenters. The fourth-order valence-electron chi connectivity index (χ4n) is 3.17. The fourth-order valence-corrected chi connectivity index (χ4v) is 3.17. The Morgan fingerprint density at radius 3 is 2.64 bits per heavy atom. The molecule has 25 heavy (non-hydrogen) atoms. The molecule has 0 aliphatic rings. The smallest absolute Gasteiger partial charge is 0.222 e. The van der Waals surface area contributed by atoms with Crippen molar-refractivity contribution in [2.75, 3.05) is 5.73 Å². The zero-order valence-electron chi connectivity index (χ0n) is 16.0. The van der Waals surface area contributed by atoms with Gasteiger partial charge in [0.05, 0.1) is 12.0 Å². The molecule has 0 radical (unpaired) electrons. The maximum atomic E-state index is 6.19. The highest BCUT2D eigenvalue weighted by Crippen LogP contribution is 2.23. The molecule has 2 aromatic rings. The summed E-state index contributed by atoms with van der Waals surface area (Å²) in [6, 6.07) is 0.0951. The second kappa shape index (κ2) is 8.43. The summed E-state index contributed by atoms with van der Waals surface area (Å²) in [4.78, 5) is 13.0. The predicted octanol–water partition coefficient (Wildman–Crippen LogP) is 3.45. The lowest BCUT2D eigenvalue weighted by Crippen LogP contribution is -2.28. The van der Waals surface area contributed by atoms with Crippen LogP contribution in [0.15, 0.2) is 18.5 Å². The number of fused-ring (bicyclic) bond motifs is 1. The first-order valence-corrected chi connectivity index (χ1v) is 9.21. The van der Waals surface area contributed by atoms with Gasteiger partial charge in [0.1, 0.15) is 5.52 Å². The van der Waals surface area contributed by atoms with Crippen molar-refractivity contribution < 1.29 is 0 Å². The number of hydrogen-bond acceptors (Lipinski definition) is 5. The molecular formula is C19H32N6. The van der Waals surface area contributed by atoms with Crippen LogP contribution in [0.2, 0.25) is 0 Å². The largest absolute Gasteiger partial charge is 0.368 e. The molecule has 2 heterocycles. The van der Waals surface area contributed by atoms with E-state index in [4.69, 9.17) is 11.5 Å². The number of hydrogen-bond donors (Lipinski definition) is 2. The first-order chi connectivity index (χ1) is 11.8. The Balaban J connectivity index is 1.96. The minimum absolute atomic E-state index is 0.0951. The summed E-state index contributed by atoms with van der Waals surface area (Å²) in [7, 11) is 0. The van der Waals surface area contributed by atoms with Crippen molar-refractivity contribution in [2.24, 2.45) is 17.6 Å². The van der Waals surface area contributed by atoms with Gasteiger partial charge in [0.2, 0.25) is 5.95 Å². The van der Waals surface area contributed by atoms with Gasteiger partial charge in [-0.1, -0.05) is 39.3 Å². The van der Waals surface area contributed by atoms with Crippen molar-refractivity contribution in [2.45, 2.75) is 66.0 Å². The Morgan fingerprint density at radius 2 is 2.00 bits per heavy atom. The number of aryl methyl sites for hydroxylation is 2. The van der Waals surface area contributed by atoms with Crippen LogP contribution in [0.1, 0.15) is 52.1 Å². The van der Waals surface area contributed by atoms with E-state index >= 15 is 0 Å². The molecule has 0 saturated heterocycles. The van der Waals surface area contributed by atoms with Crippen LogP contribution >= 0.6 is 0 Å². The maximum Gasteiger partial charge on any atom is 0.222 e. The van der Waals surface area contributed by atoms with Gasteiger partial charge in [-0.25, -0.2) is 9.97 Å². The van der Waals surface area contributed by atoms with Crippen LogP contribution in [-0.4, -0.2) is 25.6 Å². The van der Waals surface area contributed by atoms with Gasteiger partial charge in [0, 0.05) is 12.6 Å². The Labute approximate surface area is 150 Å². The summed E-state index contributed by atoms with van der Waals surface area (Å²) in [5.74, 6) is 1.38. The van der Waals surface area contributed by atoms with Gasteiger partial charge >= 0.3 is 0 Å². The van der Waals surface area contributed by atoms with Crippen molar-refractivity contribution in [3.8, 4) is 0 Å². The van der Waals surface area contributed by atoms with Gasteiger partial charge in [-0.2, -0.15) is 4.98 Å². The number of imidazole rings is 1. The summed E-state index contributed by atoms with van der Waals surface area (Å²) in [5.41, 5.74) is 15.6. The molecular weight excluding hydrogens is 312 g/mol. The highest BCUT2D eigenvalue weighted by atomic mass is 15.1. The molecule has 2 unspecified atom stereocenters. The Bertz CT molecular complexity index is 718. The van der Waals surface area contributed by atoms with E-state index in [1.54, 1.807) is 0 Å². The highest BCUT2D eigenvalue weighted by molar-refractivity contribution is 5.74. The molecule has 0 fully saturated rings. The lowest BCUT2D eigenvalue weighted by molar-refractivity contribution is 0.400. The Morgan fingerprint density at radius 1 is 1.28 bits per heavy atom. The van der Waals surface area contributed by atoms with Crippen LogP contribution in [0.4, 0.5) is 5.95 Å². The van der Waals surface area contributed by atoms with Crippen LogP contribution in [0.5, 0.6) is 0 Å². The van der Waals surface area contributed by atoms with Crippen molar-refractivity contribution in [3.63, 3.8) is 0 Å². The number of nitrogen functional groups attached to an aromatic ring is 1. The third kappa shape index (κ3) is 4.78. The van der Waals surface area contributed by atoms with Crippen molar-refractivity contribution in [3.05, 3.63) is 24.2 Å². The minimum Gasteiger partial charge on any atom is -0.368 e. The SMILES string of the molecule is C=C(CCC(CC)CCn1cnc2c(C)nc(N)nc21)C(N)C(C)C. The number of aromatic nitrogens is 4. The molecule has 0 saturated carbocycles. The third-order valence-electron chi connectivity index (χ3n) is 5.07. The van der Waals surface area contributed by atoms with Crippen molar-refractivity contribution in [1.29, 1.82) is 0 Å². The summed E-state index contributed by atoms with van der Waals surface area (Å²) in [5, 5.41) is 0. The van der Waals surface area contributed by atoms with Crippen LogP contribution in [-0.2, 0) is 6.54 Å². The van der Waals surface area contributed by atoms with Crippen molar-refractivity contribution in [1.82, 2.24) is 19.5 Å². The average Bonchev–Trinajstić information content (AvgIpc) is 2.97. The molecule has 0 amide bonds. The van der Waals surface area contributed by atoms with E-state index in [2.05, 4.69) is 46.9 Å². The predicted molar refractivity (Wildman–Crippen MR) is 104 cm³/mol. The second-order valence-corrected chi connectivity index (χ2v) is 7.31. The van der Waals surface area contributed by atoms with E-state index in [9.17, 15) is 0 Å². The molecule has 2 aromatic heterocycles. The standard InChI is InChI=1S/C19H32N6/c1-6-15(8-7-13(4)16(20)12(2)3)9-10-25-11-22-17-14(5)23-19(21)24-18(17)25/h11-12,15-16H,4,6-10,20H2,1-3,5H3,(H2,21,23,24). The number of anilines is 1. The quantitative estimate of drug-likeness (QED) is 0.679. The Hall–Kier alpha value is -1.95. The molecule has 0 bridgehead atoms. The van der Waals surface area contributed by atoms with E-state index in [1.807, 2.05) is 13.3 Å². The first kappa shape index (κ1) is 19.4. The zero-order chi connectivity index (χ0) is 18.6. The molecule has 4 N–H and O–H groups in total. The Kier molecular flexibility index (Phi) is 6.53. The fraction of sp³-hybridized carbons (Fsp3) is 0.632. The molecule has 138 valence electrons. The zero-order valence-corrected chi connectivity index (χ0v) is 16.0. The summed E-state index contributed by atoms with van der Waals surface area (Å²) < 4.78 is 2.08. The summed E-state index contributed by atoms with van der Waals surface area (Å²) in [6.45, 7) is 13.5. The lowest BCUT2D eigenvalue weighted by Gasteiger charge is -2.21. The molecule has 0 aliphatic heterocycles. The molecule has 0 aliphatic carbocycles.